The Morgan fingerprint density at radius 3 is 2.67 bits per heavy atom. The van der Waals surface area contributed by atoms with Gasteiger partial charge in [0.1, 0.15) is 16.5 Å². The Hall–Kier alpha value is -1.25. The summed E-state index contributed by atoms with van der Waals surface area (Å²) in [6, 6.07) is 0.811. The first-order valence-corrected chi connectivity index (χ1v) is 8.28. The van der Waals surface area contributed by atoms with Gasteiger partial charge in [0.25, 0.3) is 9.05 Å². The minimum Gasteiger partial charge on any atom is -0.462 e. The van der Waals surface area contributed by atoms with Crippen LogP contribution in [0.5, 0.6) is 0 Å². The second-order valence-corrected chi connectivity index (χ2v) is 7.06. The number of hydrogen-bond donors (Lipinski definition) is 0. The molecule has 1 fully saturated rings. The summed E-state index contributed by atoms with van der Waals surface area (Å²) in [6.45, 7) is 1.00. The Morgan fingerprint density at radius 2 is 2.10 bits per heavy atom. The highest BCUT2D eigenvalue weighted by Gasteiger charge is 2.24. The molecule has 5 nitrogen and oxygen atoms in total. The maximum Gasteiger partial charge on any atom is 0.341 e. The van der Waals surface area contributed by atoms with Crippen LogP contribution in [0.3, 0.4) is 0 Å². The number of carbonyl (C=O) groups excluding carboxylic acids is 1. The normalized spacial score (nSPS) is 18.7. The first kappa shape index (κ1) is 16.1. The third-order valence-electron chi connectivity index (χ3n) is 2.98. The van der Waals surface area contributed by atoms with Crippen molar-refractivity contribution in [3.63, 3.8) is 0 Å². The molecule has 0 aromatic heterocycles. The second-order valence-electron chi connectivity index (χ2n) is 4.53. The molecule has 1 unspecified atom stereocenters. The van der Waals surface area contributed by atoms with Crippen LogP contribution >= 0.6 is 10.7 Å². The molecule has 1 aliphatic rings. The molecule has 21 heavy (non-hydrogen) atoms. The van der Waals surface area contributed by atoms with Crippen molar-refractivity contribution in [2.75, 3.05) is 19.8 Å². The number of carbonyl (C=O) groups is 1. The predicted octanol–water partition coefficient (Wildman–Crippen LogP) is 2.09. The first-order chi connectivity index (χ1) is 9.79. The molecule has 0 bridgehead atoms. The summed E-state index contributed by atoms with van der Waals surface area (Å²) in [5.41, 5.74) is -0.686. The molecule has 0 amide bonds. The topological polar surface area (TPSA) is 69.7 Å². The van der Waals surface area contributed by atoms with E-state index in [1.54, 1.807) is 0 Å². The zero-order chi connectivity index (χ0) is 15.6. The van der Waals surface area contributed by atoms with Crippen LogP contribution in [-0.2, 0) is 18.5 Å². The lowest BCUT2D eigenvalue weighted by molar-refractivity contribution is 0.0422. The third-order valence-corrected chi connectivity index (χ3v) is 4.32. The molecule has 1 aliphatic heterocycles. The highest BCUT2D eigenvalue weighted by atomic mass is 35.7. The van der Waals surface area contributed by atoms with Crippen LogP contribution in [-0.4, -0.2) is 34.2 Å². The molecule has 1 heterocycles. The van der Waals surface area contributed by atoms with E-state index in [1.165, 1.54) is 0 Å². The van der Waals surface area contributed by atoms with Crippen molar-refractivity contribution in [1.29, 1.82) is 0 Å². The molecule has 1 atom stereocenters. The van der Waals surface area contributed by atoms with Gasteiger partial charge in [-0.2, -0.15) is 0 Å². The van der Waals surface area contributed by atoms with Gasteiger partial charge in [0, 0.05) is 29.3 Å². The van der Waals surface area contributed by atoms with Crippen molar-refractivity contribution in [2.24, 2.45) is 5.92 Å². The summed E-state index contributed by atoms with van der Waals surface area (Å²) >= 11 is 0. The molecule has 2 rings (SSSR count). The number of ether oxygens (including phenoxy) is 2. The summed E-state index contributed by atoms with van der Waals surface area (Å²) in [5, 5.41) is 0. The van der Waals surface area contributed by atoms with E-state index in [0.717, 1.165) is 0 Å². The van der Waals surface area contributed by atoms with Crippen LogP contribution in [0.2, 0.25) is 0 Å². The van der Waals surface area contributed by atoms with Gasteiger partial charge in [-0.05, 0) is 12.5 Å². The van der Waals surface area contributed by atoms with E-state index >= 15 is 0 Å². The van der Waals surface area contributed by atoms with Crippen LogP contribution < -0.4 is 0 Å². The standard InChI is InChI=1S/C12H11ClF2O5S/c13-21(17,18)11-3-8(9(14)4-10(11)15)12(16)20-6-7-1-2-19-5-7/h3-4,7H,1-2,5-6H2. The molecular formula is C12H11ClF2O5S. The lowest BCUT2D eigenvalue weighted by Gasteiger charge is -2.10. The molecule has 1 saturated heterocycles. The summed E-state index contributed by atoms with van der Waals surface area (Å²) < 4.78 is 59.2. The minimum absolute atomic E-state index is 0.00805. The number of halogens is 3. The Balaban J connectivity index is 2.20. The van der Waals surface area contributed by atoms with Gasteiger partial charge >= 0.3 is 5.97 Å². The fourth-order valence-corrected chi connectivity index (χ4v) is 2.76. The summed E-state index contributed by atoms with van der Waals surface area (Å²) in [5.74, 6) is -3.66. The lowest BCUT2D eigenvalue weighted by atomic mass is 10.1. The minimum atomic E-state index is -4.43. The lowest BCUT2D eigenvalue weighted by Crippen LogP contribution is -2.16. The highest BCUT2D eigenvalue weighted by Crippen LogP contribution is 2.23. The van der Waals surface area contributed by atoms with Gasteiger partial charge < -0.3 is 9.47 Å². The Labute approximate surface area is 124 Å². The number of rotatable bonds is 4. The zero-order valence-corrected chi connectivity index (χ0v) is 12.2. The average Bonchev–Trinajstić information content (AvgIpc) is 2.87. The van der Waals surface area contributed by atoms with E-state index in [4.69, 9.17) is 20.2 Å². The maximum atomic E-state index is 13.6. The number of esters is 1. The van der Waals surface area contributed by atoms with Gasteiger partial charge in [0.15, 0.2) is 0 Å². The molecule has 0 N–H and O–H groups in total. The molecule has 1 aromatic rings. The van der Waals surface area contributed by atoms with Crippen molar-refractivity contribution in [1.82, 2.24) is 0 Å². The van der Waals surface area contributed by atoms with E-state index < -0.39 is 37.1 Å². The van der Waals surface area contributed by atoms with E-state index in [0.29, 0.717) is 25.7 Å². The quantitative estimate of drug-likeness (QED) is 0.620. The smallest absolute Gasteiger partial charge is 0.341 e. The van der Waals surface area contributed by atoms with E-state index in [9.17, 15) is 22.0 Å². The molecular weight excluding hydrogens is 330 g/mol. The van der Waals surface area contributed by atoms with Crippen molar-refractivity contribution in [2.45, 2.75) is 11.3 Å². The fourth-order valence-electron chi connectivity index (χ4n) is 1.86. The summed E-state index contributed by atoms with van der Waals surface area (Å²) in [7, 11) is 0.581. The fraction of sp³-hybridized carbons (Fsp3) is 0.417. The van der Waals surface area contributed by atoms with Crippen LogP contribution in [0.25, 0.3) is 0 Å². The van der Waals surface area contributed by atoms with Gasteiger partial charge in [-0.15, -0.1) is 0 Å². The zero-order valence-electron chi connectivity index (χ0n) is 10.6. The molecule has 0 aliphatic carbocycles. The van der Waals surface area contributed by atoms with Gasteiger partial charge in [-0.25, -0.2) is 22.0 Å². The molecule has 0 spiro atoms. The van der Waals surface area contributed by atoms with E-state index in [1.807, 2.05) is 0 Å². The molecule has 116 valence electrons. The molecule has 0 radical (unpaired) electrons. The largest absolute Gasteiger partial charge is 0.462 e. The predicted molar refractivity (Wildman–Crippen MR) is 68.6 cm³/mol. The van der Waals surface area contributed by atoms with Crippen molar-refractivity contribution in [3.05, 3.63) is 29.3 Å². The second kappa shape index (κ2) is 6.25. The van der Waals surface area contributed by atoms with Crippen molar-refractivity contribution >= 4 is 25.7 Å². The Morgan fingerprint density at radius 1 is 1.38 bits per heavy atom. The average molecular weight is 341 g/mol. The van der Waals surface area contributed by atoms with Crippen LogP contribution in [0, 0.1) is 17.6 Å². The van der Waals surface area contributed by atoms with Gasteiger partial charge in [0.05, 0.1) is 18.8 Å². The Kier molecular flexibility index (Phi) is 4.80. The maximum absolute atomic E-state index is 13.6. The number of hydrogen-bond acceptors (Lipinski definition) is 5. The molecule has 9 heteroatoms. The monoisotopic (exact) mass is 340 g/mol. The van der Waals surface area contributed by atoms with Gasteiger partial charge in [-0.1, -0.05) is 0 Å². The van der Waals surface area contributed by atoms with Crippen molar-refractivity contribution < 1.29 is 31.5 Å². The van der Waals surface area contributed by atoms with Gasteiger partial charge in [-0.3, -0.25) is 0 Å². The molecule has 1 aromatic carbocycles. The molecule has 0 saturated carbocycles. The SMILES string of the molecule is O=C(OCC1CCOC1)c1cc(S(=O)(=O)Cl)c(F)cc1F. The summed E-state index contributed by atoms with van der Waals surface area (Å²) in [6.07, 6.45) is 0.709. The van der Waals surface area contributed by atoms with E-state index in [2.05, 4.69) is 0 Å². The van der Waals surface area contributed by atoms with Crippen LogP contribution in [0.15, 0.2) is 17.0 Å². The van der Waals surface area contributed by atoms with Crippen molar-refractivity contribution in [3.8, 4) is 0 Å². The van der Waals surface area contributed by atoms with E-state index in [-0.39, 0.29) is 18.6 Å². The third kappa shape index (κ3) is 3.90. The highest BCUT2D eigenvalue weighted by molar-refractivity contribution is 8.13. The number of benzene rings is 1. The van der Waals surface area contributed by atoms with Crippen LogP contribution in [0.4, 0.5) is 8.78 Å². The van der Waals surface area contributed by atoms with Crippen LogP contribution in [0.1, 0.15) is 16.8 Å². The Bertz CT molecular complexity index is 656. The van der Waals surface area contributed by atoms with Gasteiger partial charge in [0.2, 0.25) is 0 Å². The first-order valence-electron chi connectivity index (χ1n) is 5.97. The summed E-state index contributed by atoms with van der Waals surface area (Å²) in [4.78, 5) is 10.8.